The summed E-state index contributed by atoms with van der Waals surface area (Å²) in [5, 5.41) is 3.28. The van der Waals surface area contributed by atoms with Gasteiger partial charge in [0, 0.05) is 26.3 Å². The zero-order valence-electron chi connectivity index (χ0n) is 9.15. The number of imidazole rings is 1. The molecule has 0 aliphatic rings. The predicted molar refractivity (Wildman–Crippen MR) is 60.2 cm³/mol. The molecule has 0 spiro atoms. The minimum absolute atomic E-state index is 0.199. The highest BCUT2D eigenvalue weighted by Crippen LogP contribution is 2.03. The Hall–Kier alpha value is -1.68. The van der Waals surface area contributed by atoms with Crippen molar-refractivity contribution in [3.8, 4) is 0 Å². The van der Waals surface area contributed by atoms with Crippen molar-refractivity contribution >= 4 is 0 Å². The fourth-order valence-electron chi connectivity index (χ4n) is 1.49. The number of nitrogens with one attached hydrogen (secondary N) is 1. The number of nitrogens with zero attached hydrogens (tertiary/aromatic N) is 2. The number of halogens is 1. The molecular formula is C12H14FN3. The Balaban J connectivity index is 1.84. The highest BCUT2D eigenvalue weighted by atomic mass is 19.1. The summed E-state index contributed by atoms with van der Waals surface area (Å²) in [5.41, 5.74) is 2.20. The molecule has 0 fully saturated rings. The van der Waals surface area contributed by atoms with Crippen molar-refractivity contribution in [2.75, 3.05) is 0 Å². The van der Waals surface area contributed by atoms with Gasteiger partial charge in [-0.3, -0.25) is 0 Å². The second kappa shape index (κ2) is 4.90. The first-order valence-corrected chi connectivity index (χ1v) is 5.16. The Bertz CT molecular complexity index is 448. The summed E-state index contributed by atoms with van der Waals surface area (Å²) in [6.45, 7) is 1.49. The van der Waals surface area contributed by atoms with E-state index in [1.807, 2.05) is 17.8 Å². The van der Waals surface area contributed by atoms with E-state index in [2.05, 4.69) is 10.3 Å². The van der Waals surface area contributed by atoms with Gasteiger partial charge in [0.25, 0.3) is 0 Å². The van der Waals surface area contributed by atoms with Crippen LogP contribution in [0.1, 0.15) is 11.3 Å². The summed E-state index contributed by atoms with van der Waals surface area (Å²) in [4.78, 5) is 4.03. The Morgan fingerprint density at radius 2 is 2.00 bits per heavy atom. The first-order valence-electron chi connectivity index (χ1n) is 5.16. The van der Waals surface area contributed by atoms with Crippen molar-refractivity contribution in [3.05, 3.63) is 53.9 Å². The average Bonchev–Trinajstić information content (AvgIpc) is 2.68. The summed E-state index contributed by atoms with van der Waals surface area (Å²) in [6.07, 6.45) is 3.60. The van der Waals surface area contributed by atoms with Gasteiger partial charge < -0.3 is 9.88 Å². The van der Waals surface area contributed by atoms with Crippen LogP contribution in [-0.2, 0) is 20.1 Å². The van der Waals surface area contributed by atoms with Gasteiger partial charge in [0.05, 0.1) is 12.0 Å². The summed E-state index contributed by atoms with van der Waals surface area (Å²) in [6, 6.07) is 6.51. The Labute approximate surface area is 93.9 Å². The summed E-state index contributed by atoms with van der Waals surface area (Å²) < 4.78 is 14.6. The molecule has 1 heterocycles. The van der Waals surface area contributed by atoms with Crippen LogP contribution in [0.25, 0.3) is 0 Å². The second-order valence-corrected chi connectivity index (χ2v) is 3.73. The number of aromatic nitrogens is 2. The van der Waals surface area contributed by atoms with E-state index in [-0.39, 0.29) is 5.82 Å². The quantitative estimate of drug-likeness (QED) is 0.850. The van der Waals surface area contributed by atoms with Crippen LogP contribution < -0.4 is 5.32 Å². The van der Waals surface area contributed by atoms with Gasteiger partial charge in [0.15, 0.2) is 0 Å². The van der Waals surface area contributed by atoms with Gasteiger partial charge >= 0.3 is 0 Å². The molecule has 1 N–H and O–H groups in total. The monoisotopic (exact) mass is 219 g/mol. The largest absolute Gasteiger partial charge is 0.337 e. The van der Waals surface area contributed by atoms with Gasteiger partial charge in [-0.15, -0.1) is 0 Å². The Morgan fingerprint density at radius 1 is 1.25 bits per heavy atom. The number of benzene rings is 1. The molecule has 0 aliphatic heterocycles. The van der Waals surface area contributed by atoms with Gasteiger partial charge in [-0.1, -0.05) is 12.1 Å². The fraction of sp³-hybridized carbons (Fsp3) is 0.250. The van der Waals surface area contributed by atoms with E-state index in [0.717, 1.165) is 24.3 Å². The molecule has 1 aromatic carbocycles. The normalized spacial score (nSPS) is 10.6. The third-order valence-electron chi connectivity index (χ3n) is 2.46. The van der Waals surface area contributed by atoms with Crippen LogP contribution in [0.15, 0.2) is 36.8 Å². The summed E-state index contributed by atoms with van der Waals surface area (Å²) >= 11 is 0. The Kier molecular flexibility index (Phi) is 3.31. The fourth-order valence-corrected chi connectivity index (χ4v) is 1.49. The van der Waals surface area contributed by atoms with Gasteiger partial charge in [-0.05, 0) is 17.7 Å². The molecule has 0 saturated heterocycles. The minimum atomic E-state index is -0.199. The number of hydrogen-bond acceptors (Lipinski definition) is 2. The molecule has 0 atom stereocenters. The lowest BCUT2D eigenvalue weighted by atomic mass is 10.2. The molecule has 0 saturated carbocycles. The van der Waals surface area contributed by atoms with E-state index in [1.54, 1.807) is 18.5 Å². The van der Waals surface area contributed by atoms with Crippen molar-refractivity contribution in [2.24, 2.45) is 7.05 Å². The highest BCUT2D eigenvalue weighted by Gasteiger charge is 1.98. The van der Waals surface area contributed by atoms with Crippen molar-refractivity contribution in [1.82, 2.24) is 14.9 Å². The second-order valence-electron chi connectivity index (χ2n) is 3.73. The van der Waals surface area contributed by atoms with Crippen LogP contribution in [0.4, 0.5) is 4.39 Å². The van der Waals surface area contributed by atoms with Gasteiger partial charge in [0.2, 0.25) is 0 Å². The van der Waals surface area contributed by atoms with E-state index in [4.69, 9.17) is 0 Å². The van der Waals surface area contributed by atoms with Crippen LogP contribution in [-0.4, -0.2) is 9.55 Å². The highest BCUT2D eigenvalue weighted by molar-refractivity contribution is 5.15. The van der Waals surface area contributed by atoms with E-state index in [9.17, 15) is 4.39 Å². The van der Waals surface area contributed by atoms with Crippen molar-refractivity contribution in [2.45, 2.75) is 13.1 Å². The molecule has 4 heteroatoms. The number of aryl methyl sites for hydroxylation is 1. The third kappa shape index (κ3) is 2.67. The molecular weight excluding hydrogens is 205 g/mol. The topological polar surface area (TPSA) is 29.9 Å². The molecule has 0 unspecified atom stereocenters. The zero-order chi connectivity index (χ0) is 11.4. The third-order valence-corrected chi connectivity index (χ3v) is 2.46. The molecule has 0 amide bonds. The van der Waals surface area contributed by atoms with E-state index in [0.29, 0.717) is 0 Å². The number of rotatable bonds is 4. The average molecular weight is 219 g/mol. The summed E-state index contributed by atoms with van der Waals surface area (Å²) in [7, 11) is 1.96. The van der Waals surface area contributed by atoms with Gasteiger partial charge in [-0.25, -0.2) is 9.37 Å². The number of hydrogen-bond donors (Lipinski definition) is 1. The lowest BCUT2D eigenvalue weighted by Crippen LogP contribution is -2.14. The summed E-state index contributed by atoms with van der Waals surface area (Å²) in [5.74, 6) is -0.199. The molecule has 16 heavy (non-hydrogen) atoms. The van der Waals surface area contributed by atoms with E-state index >= 15 is 0 Å². The SMILES string of the molecule is Cn1cncc1CNCc1ccc(F)cc1. The van der Waals surface area contributed by atoms with Crippen molar-refractivity contribution < 1.29 is 4.39 Å². The first-order chi connectivity index (χ1) is 7.75. The van der Waals surface area contributed by atoms with Gasteiger partial charge in [-0.2, -0.15) is 0 Å². The maximum Gasteiger partial charge on any atom is 0.123 e. The van der Waals surface area contributed by atoms with Crippen LogP contribution >= 0.6 is 0 Å². The molecule has 0 radical (unpaired) electrons. The minimum Gasteiger partial charge on any atom is -0.337 e. The Morgan fingerprint density at radius 3 is 2.62 bits per heavy atom. The molecule has 1 aromatic heterocycles. The van der Waals surface area contributed by atoms with Crippen LogP contribution in [0.3, 0.4) is 0 Å². The lowest BCUT2D eigenvalue weighted by Gasteiger charge is -2.05. The smallest absolute Gasteiger partial charge is 0.123 e. The molecule has 0 aliphatic carbocycles. The maximum absolute atomic E-state index is 12.7. The molecule has 84 valence electrons. The molecule has 0 bridgehead atoms. The van der Waals surface area contributed by atoms with Crippen LogP contribution in [0.2, 0.25) is 0 Å². The van der Waals surface area contributed by atoms with E-state index in [1.165, 1.54) is 12.1 Å². The molecule has 2 aromatic rings. The maximum atomic E-state index is 12.7. The van der Waals surface area contributed by atoms with Crippen LogP contribution in [0.5, 0.6) is 0 Å². The standard InChI is InChI=1S/C12H14FN3/c1-16-9-15-8-12(16)7-14-6-10-2-4-11(13)5-3-10/h2-5,8-9,14H,6-7H2,1H3. The first kappa shape index (κ1) is 10.8. The zero-order valence-corrected chi connectivity index (χ0v) is 9.15. The molecule has 2 rings (SSSR count). The van der Waals surface area contributed by atoms with Gasteiger partial charge in [0.1, 0.15) is 5.82 Å². The molecule has 3 nitrogen and oxygen atoms in total. The predicted octanol–water partition coefficient (Wildman–Crippen LogP) is 1.85. The van der Waals surface area contributed by atoms with Crippen molar-refractivity contribution in [3.63, 3.8) is 0 Å². The van der Waals surface area contributed by atoms with E-state index < -0.39 is 0 Å². The van der Waals surface area contributed by atoms with Crippen molar-refractivity contribution in [1.29, 1.82) is 0 Å². The van der Waals surface area contributed by atoms with Crippen LogP contribution in [0, 0.1) is 5.82 Å². The lowest BCUT2D eigenvalue weighted by molar-refractivity contribution is 0.623.